The highest BCUT2D eigenvalue weighted by atomic mass is 32.1. The monoisotopic (exact) mass is 391 g/mol. The number of ether oxygens (including phenoxy) is 1. The zero-order valence-electron chi connectivity index (χ0n) is 16.3. The van der Waals surface area contributed by atoms with Gasteiger partial charge in [0.05, 0.1) is 24.6 Å². The molecule has 1 aliphatic heterocycles. The highest BCUT2D eigenvalue weighted by Crippen LogP contribution is 2.13. The third-order valence-electron chi connectivity index (χ3n) is 3.97. The molecule has 1 fully saturated rings. The first-order chi connectivity index (χ1) is 13.1. The maximum atomic E-state index is 5.39. The fourth-order valence-electron chi connectivity index (χ4n) is 2.52. The van der Waals surface area contributed by atoms with Crippen LogP contribution in [-0.4, -0.2) is 60.9 Å². The van der Waals surface area contributed by atoms with Gasteiger partial charge in [0, 0.05) is 38.8 Å². The Morgan fingerprint density at radius 3 is 2.63 bits per heavy atom. The lowest BCUT2D eigenvalue weighted by Gasteiger charge is -2.27. The Bertz CT molecular complexity index is 654. The van der Waals surface area contributed by atoms with Gasteiger partial charge in [0.2, 0.25) is 0 Å². The molecule has 2 rings (SSSR count). The summed E-state index contributed by atoms with van der Waals surface area (Å²) >= 11 is 5.19. The minimum atomic E-state index is 0.493. The maximum Gasteiger partial charge on any atom is 0.186 e. The summed E-state index contributed by atoms with van der Waals surface area (Å²) in [6, 6.07) is 4.13. The van der Waals surface area contributed by atoms with Crippen LogP contribution >= 0.6 is 12.2 Å². The van der Waals surface area contributed by atoms with Crippen LogP contribution in [0.25, 0.3) is 0 Å². The van der Waals surface area contributed by atoms with Crippen molar-refractivity contribution in [3.05, 3.63) is 23.9 Å². The zero-order valence-corrected chi connectivity index (χ0v) is 17.1. The average molecular weight is 392 g/mol. The van der Waals surface area contributed by atoms with Crippen molar-refractivity contribution >= 4 is 34.6 Å². The molecule has 0 amide bonds. The van der Waals surface area contributed by atoms with Crippen molar-refractivity contribution in [1.82, 2.24) is 21.2 Å². The average Bonchev–Trinajstić information content (AvgIpc) is 2.70. The number of anilines is 1. The molecule has 0 aliphatic carbocycles. The van der Waals surface area contributed by atoms with E-state index in [0.717, 1.165) is 62.2 Å². The summed E-state index contributed by atoms with van der Waals surface area (Å²) in [7, 11) is 0. The quantitative estimate of drug-likeness (QED) is 0.350. The molecule has 3 N–H and O–H groups in total. The molecule has 1 aromatic rings. The predicted octanol–water partition coefficient (Wildman–Crippen LogP) is 1.29. The van der Waals surface area contributed by atoms with Crippen LogP contribution in [0, 0.1) is 0 Å². The van der Waals surface area contributed by atoms with Gasteiger partial charge in [0.25, 0.3) is 0 Å². The number of hydrogen-bond acceptors (Lipinski definition) is 7. The van der Waals surface area contributed by atoms with E-state index in [2.05, 4.69) is 42.3 Å². The first-order valence-corrected chi connectivity index (χ1v) is 9.70. The van der Waals surface area contributed by atoms with Crippen LogP contribution < -0.4 is 21.1 Å². The van der Waals surface area contributed by atoms with Gasteiger partial charge in [-0.05, 0) is 44.6 Å². The van der Waals surface area contributed by atoms with Gasteiger partial charge < -0.3 is 20.4 Å². The molecule has 2 heterocycles. The Kier molecular flexibility index (Phi) is 8.93. The lowest BCUT2D eigenvalue weighted by molar-refractivity contribution is 0.122. The van der Waals surface area contributed by atoms with Crippen molar-refractivity contribution in [2.24, 2.45) is 10.2 Å². The summed E-state index contributed by atoms with van der Waals surface area (Å²) < 4.78 is 5.39. The smallest absolute Gasteiger partial charge is 0.186 e. The molecule has 0 spiro atoms. The zero-order chi connectivity index (χ0) is 19.5. The first kappa shape index (κ1) is 21.0. The van der Waals surface area contributed by atoms with E-state index >= 15 is 0 Å². The molecule has 27 heavy (non-hydrogen) atoms. The predicted molar refractivity (Wildman–Crippen MR) is 115 cm³/mol. The summed E-state index contributed by atoms with van der Waals surface area (Å²) in [6.07, 6.45) is 2.50. The van der Waals surface area contributed by atoms with Crippen LogP contribution in [0.3, 0.4) is 0 Å². The van der Waals surface area contributed by atoms with Gasteiger partial charge in [-0.2, -0.15) is 10.2 Å². The van der Waals surface area contributed by atoms with E-state index < -0.39 is 0 Å². The van der Waals surface area contributed by atoms with E-state index in [1.54, 1.807) is 0 Å². The molecular formula is C18H29N7OS. The second kappa shape index (κ2) is 11.5. The van der Waals surface area contributed by atoms with Crippen LogP contribution in [-0.2, 0) is 11.2 Å². The van der Waals surface area contributed by atoms with E-state index in [0.29, 0.717) is 11.5 Å². The minimum Gasteiger partial charge on any atom is -0.378 e. The summed E-state index contributed by atoms with van der Waals surface area (Å²) in [5.41, 5.74) is 8.53. The molecule has 0 unspecified atom stereocenters. The minimum absolute atomic E-state index is 0.493. The number of hydrazone groups is 2. The first-order valence-electron chi connectivity index (χ1n) is 9.29. The fourth-order valence-corrected chi connectivity index (χ4v) is 2.71. The van der Waals surface area contributed by atoms with E-state index in [-0.39, 0.29) is 0 Å². The number of thiocarbonyl (C=S) groups is 1. The van der Waals surface area contributed by atoms with Gasteiger partial charge in [0.15, 0.2) is 5.11 Å². The molecule has 0 bridgehead atoms. The van der Waals surface area contributed by atoms with Gasteiger partial charge >= 0.3 is 0 Å². The summed E-state index contributed by atoms with van der Waals surface area (Å²) in [5, 5.41) is 12.3. The van der Waals surface area contributed by atoms with E-state index in [9.17, 15) is 0 Å². The van der Waals surface area contributed by atoms with Gasteiger partial charge in [0.1, 0.15) is 5.82 Å². The molecular weight excluding hydrogens is 362 g/mol. The largest absolute Gasteiger partial charge is 0.378 e. The normalized spacial score (nSPS) is 15.4. The van der Waals surface area contributed by atoms with Gasteiger partial charge in [-0.3, -0.25) is 5.43 Å². The van der Waals surface area contributed by atoms with Crippen molar-refractivity contribution in [1.29, 1.82) is 0 Å². The van der Waals surface area contributed by atoms with Crippen molar-refractivity contribution < 1.29 is 4.74 Å². The summed E-state index contributed by atoms with van der Waals surface area (Å²) in [5.74, 6) is 0.977. The molecule has 9 heteroatoms. The Morgan fingerprint density at radius 2 is 2.00 bits per heavy atom. The Balaban J connectivity index is 2.08. The van der Waals surface area contributed by atoms with Gasteiger partial charge in [-0.1, -0.05) is 6.07 Å². The molecule has 0 atom stereocenters. The SMILES string of the molecule is CCN/N=C(C)/C(Cc1ccc(N2CCOCC2)nc1)=N/NC(=S)NCC. The Hall–Kier alpha value is -2.26. The van der Waals surface area contributed by atoms with Gasteiger partial charge in [-0.15, -0.1) is 0 Å². The second-order valence-corrected chi connectivity index (χ2v) is 6.45. The van der Waals surface area contributed by atoms with Crippen LogP contribution in [0.5, 0.6) is 0 Å². The van der Waals surface area contributed by atoms with Gasteiger partial charge in [-0.25, -0.2) is 4.98 Å². The van der Waals surface area contributed by atoms with E-state index in [1.807, 2.05) is 33.0 Å². The summed E-state index contributed by atoms with van der Waals surface area (Å²) in [6.45, 7) is 10.7. The molecule has 1 saturated heterocycles. The van der Waals surface area contributed by atoms with Crippen molar-refractivity contribution in [3.8, 4) is 0 Å². The molecule has 0 aromatic carbocycles. The summed E-state index contributed by atoms with van der Waals surface area (Å²) in [4.78, 5) is 6.84. The number of nitrogens with one attached hydrogen (secondary N) is 3. The van der Waals surface area contributed by atoms with E-state index in [4.69, 9.17) is 17.0 Å². The molecule has 1 aliphatic rings. The highest BCUT2D eigenvalue weighted by Gasteiger charge is 2.13. The highest BCUT2D eigenvalue weighted by molar-refractivity contribution is 7.80. The van der Waals surface area contributed by atoms with Crippen molar-refractivity contribution in [2.45, 2.75) is 27.2 Å². The van der Waals surface area contributed by atoms with Crippen LogP contribution in [0.2, 0.25) is 0 Å². The van der Waals surface area contributed by atoms with E-state index in [1.165, 1.54) is 0 Å². The van der Waals surface area contributed by atoms with Crippen molar-refractivity contribution in [2.75, 3.05) is 44.3 Å². The number of rotatable bonds is 8. The number of nitrogens with zero attached hydrogens (tertiary/aromatic N) is 4. The standard InChI is InChI=1S/C18H29N7OS/c1-4-19-18(27)24-23-16(14(3)22-21-5-2)12-15-6-7-17(20-13-15)25-8-10-26-11-9-25/h6-7,13,21H,4-5,8-12H2,1-3H3,(H2,19,24,27)/b22-14+,23-16+. The van der Waals surface area contributed by atoms with Crippen LogP contribution in [0.1, 0.15) is 26.3 Å². The lowest BCUT2D eigenvalue weighted by Crippen LogP contribution is -2.36. The molecule has 148 valence electrons. The number of pyridine rings is 1. The Labute approximate surface area is 166 Å². The van der Waals surface area contributed by atoms with Crippen molar-refractivity contribution in [3.63, 3.8) is 0 Å². The second-order valence-electron chi connectivity index (χ2n) is 6.04. The lowest BCUT2D eigenvalue weighted by atomic mass is 10.1. The molecule has 0 saturated carbocycles. The number of aromatic nitrogens is 1. The molecule has 0 radical (unpaired) electrons. The van der Waals surface area contributed by atoms with Crippen LogP contribution in [0.4, 0.5) is 5.82 Å². The molecule has 1 aromatic heterocycles. The van der Waals surface area contributed by atoms with Crippen LogP contribution in [0.15, 0.2) is 28.5 Å². The Morgan fingerprint density at radius 1 is 1.22 bits per heavy atom. The molecule has 8 nitrogen and oxygen atoms in total. The number of hydrogen-bond donors (Lipinski definition) is 3. The third kappa shape index (κ3) is 7.10. The topological polar surface area (TPSA) is 86.2 Å². The maximum absolute atomic E-state index is 5.39. The number of morpholine rings is 1. The third-order valence-corrected chi connectivity index (χ3v) is 4.20. The fraction of sp³-hybridized carbons (Fsp3) is 0.556.